The zero-order valence-electron chi connectivity index (χ0n) is 21.5. The Morgan fingerprint density at radius 3 is 0.447 bits per heavy atom. The van der Waals surface area contributed by atoms with Crippen molar-refractivity contribution in [2.45, 2.75) is 0 Å². The summed E-state index contributed by atoms with van der Waals surface area (Å²) in [6.07, 6.45) is 0. The molecule has 0 N–H and O–H groups in total. The van der Waals surface area contributed by atoms with Gasteiger partial charge in [0.1, 0.15) is 0 Å². The van der Waals surface area contributed by atoms with Crippen LogP contribution in [-0.2, 0) is 0 Å². The first kappa shape index (κ1) is 26.8. The van der Waals surface area contributed by atoms with Crippen LogP contribution in [0, 0.1) is 0 Å². The van der Waals surface area contributed by atoms with E-state index in [0.717, 1.165) is 0 Å². The minimum atomic E-state index is -2.28. The summed E-state index contributed by atoms with van der Waals surface area (Å²) in [6.45, 7) is 0. The average molecular weight is 879 g/mol. The molecule has 0 atom stereocenters. The van der Waals surface area contributed by atoms with E-state index in [2.05, 4.69) is 182 Å². The molecule has 0 aromatic heterocycles. The molecule has 2 heteroatoms. The van der Waals surface area contributed by atoms with Gasteiger partial charge in [-0.05, 0) is 0 Å². The zero-order valence-corrected chi connectivity index (χ0v) is 30.5. The molecule has 0 bridgehead atoms. The molecule has 0 saturated carbocycles. The first-order valence-corrected chi connectivity index (χ1v) is 26.7. The predicted molar refractivity (Wildman–Crippen MR) is 171 cm³/mol. The standard InChI is InChI=1S/6C6H5.2Pb.2H/c6*1-2-4-6-5-3-1;;;;/h6*1-5H;;;;. The molecule has 0 saturated heterocycles. The van der Waals surface area contributed by atoms with Gasteiger partial charge in [-0.1, -0.05) is 0 Å². The van der Waals surface area contributed by atoms with Gasteiger partial charge in [0.05, 0.1) is 0 Å². The van der Waals surface area contributed by atoms with Crippen molar-refractivity contribution in [2.75, 3.05) is 0 Å². The molecular weight excluding hydrogens is 847 g/mol. The van der Waals surface area contributed by atoms with Crippen LogP contribution in [0.25, 0.3) is 0 Å². The summed E-state index contributed by atoms with van der Waals surface area (Å²) >= 11 is -4.56. The molecule has 0 spiro atoms. The van der Waals surface area contributed by atoms with Crippen molar-refractivity contribution in [2.24, 2.45) is 0 Å². The summed E-state index contributed by atoms with van der Waals surface area (Å²) in [5.74, 6) is 0. The Morgan fingerprint density at radius 1 is 0.184 bits per heavy atom. The van der Waals surface area contributed by atoms with Crippen molar-refractivity contribution >= 4 is 64.1 Å². The van der Waals surface area contributed by atoms with Gasteiger partial charge in [-0.2, -0.15) is 0 Å². The Balaban J connectivity index is 0.000000155. The molecule has 0 fully saturated rings. The van der Waals surface area contributed by atoms with E-state index >= 15 is 0 Å². The van der Waals surface area contributed by atoms with Crippen molar-refractivity contribution in [3.05, 3.63) is 182 Å². The van der Waals surface area contributed by atoms with Crippen LogP contribution >= 0.6 is 0 Å². The van der Waals surface area contributed by atoms with Gasteiger partial charge in [0.2, 0.25) is 0 Å². The van der Waals surface area contributed by atoms with Crippen molar-refractivity contribution < 1.29 is 0 Å². The van der Waals surface area contributed by atoms with Crippen LogP contribution in [0.5, 0.6) is 0 Å². The second-order valence-electron chi connectivity index (χ2n) is 9.33. The molecule has 0 aliphatic heterocycles. The summed E-state index contributed by atoms with van der Waals surface area (Å²) < 4.78 is 9.33. The van der Waals surface area contributed by atoms with Crippen LogP contribution < -0.4 is 18.7 Å². The van der Waals surface area contributed by atoms with Gasteiger partial charge in [-0.25, -0.2) is 0 Å². The molecule has 0 nitrogen and oxygen atoms in total. The monoisotopic (exact) mass is 880 g/mol. The molecule has 0 heterocycles. The second kappa shape index (κ2) is 14.4. The predicted octanol–water partition coefficient (Wildman–Crippen LogP) is 3.87. The van der Waals surface area contributed by atoms with Gasteiger partial charge in [0.15, 0.2) is 0 Å². The molecule has 0 unspecified atom stereocenters. The van der Waals surface area contributed by atoms with E-state index in [1.165, 1.54) is 0 Å². The van der Waals surface area contributed by atoms with Gasteiger partial charge >= 0.3 is 246 Å². The molecule has 6 rings (SSSR count). The van der Waals surface area contributed by atoms with E-state index in [4.69, 9.17) is 0 Å². The third-order valence-corrected chi connectivity index (χ3v) is 31.3. The first-order chi connectivity index (χ1) is 18.9. The van der Waals surface area contributed by atoms with E-state index in [-0.39, 0.29) is 0 Å². The van der Waals surface area contributed by atoms with Crippen molar-refractivity contribution in [3.8, 4) is 0 Å². The fourth-order valence-corrected chi connectivity index (χ4v) is 28.2. The molecule has 0 aliphatic carbocycles. The molecule has 0 amide bonds. The average Bonchev–Trinajstić information content (AvgIpc) is 3.01. The first-order valence-electron chi connectivity index (χ1n) is 13.2. The maximum atomic E-state index is 2.30. The quantitative estimate of drug-likeness (QED) is 0.224. The molecule has 0 aliphatic rings. The Hall–Kier alpha value is -2.84. The molecule has 0 radical (unpaired) electrons. The van der Waals surface area contributed by atoms with E-state index in [1.807, 2.05) is 0 Å². The van der Waals surface area contributed by atoms with E-state index in [0.29, 0.717) is 0 Å². The summed E-state index contributed by atoms with van der Waals surface area (Å²) in [4.78, 5) is 0. The Kier molecular flexibility index (Phi) is 10.1. The SMILES string of the molecule is c1cc[c]([PbH]([c]2ccccc2)[c]2ccccc2)cc1.c1cc[c]([PbH]([c]2ccccc2)[c]2ccccc2)cc1. The fourth-order valence-electron chi connectivity index (χ4n) is 5.03. The van der Waals surface area contributed by atoms with E-state index in [9.17, 15) is 0 Å². The fraction of sp³-hybridized carbons (Fsp3) is 0. The Labute approximate surface area is 243 Å². The molecule has 6 aromatic carbocycles. The summed E-state index contributed by atoms with van der Waals surface area (Å²) in [7, 11) is 0. The van der Waals surface area contributed by atoms with Gasteiger partial charge in [0, 0.05) is 0 Å². The molecule has 38 heavy (non-hydrogen) atoms. The molecular formula is C36H32Pb2. The topological polar surface area (TPSA) is 0 Å². The number of benzene rings is 6. The molecule has 6 aromatic rings. The van der Waals surface area contributed by atoms with Crippen LogP contribution in [0.1, 0.15) is 0 Å². The van der Waals surface area contributed by atoms with Gasteiger partial charge in [-0.3, -0.25) is 0 Å². The van der Waals surface area contributed by atoms with E-state index < -0.39 is 45.4 Å². The summed E-state index contributed by atoms with van der Waals surface area (Å²) in [5, 5.41) is 0. The molecule has 184 valence electrons. The van der Waals surface area contributed by atoms with Crippen LogP contribution in [0.2, 0.25) is 0 Å². The van der Waals surface area contributed by atoms with Crippen molar-refractivity contribution in [1.82, 2.24) is 0 Å². The number of hydrogen-bond acceptors (Lipinski definition) is 0. The normalized spacial score (nSPS) is 10.6. The van der Waals surface area contributed by atoms with Crippen LogP contribution in [0.15, 0.2) is 182 Å². The van der Waals surface area contributed by atoms with Gasteiger partial charge < -0.3 is 0 Å². The summed E-state index contributed by atoms with van der Waals surface area (Å²) in [6, 6.07) is 66.1. The second-order valence-corrected chi connectivity index (χ2v) is 31.6. The maximum absolute atomic E-state index is 2.30. The van der Waals surface area contributed by atoms with Gasteiger partial charge in [-0.15, -0.1) is 0 Å². The van der Waals surface area contributed by atoms with Crippen LogP contribution in [-0.4, -0.2) is 45.4 Å². The van der Waals surface area contributed by atoms with Gasteiger partial charge in [0.25, 0.3) is 0 Å². The number of rotatable bonds is 6. The van der Waals surface area contributed by atoms with Crippen molar-refractivity contribution in [1.29, 1.82) is 0 Å². The van der Waals surface area contributed by atoms with Crippen molar-refractivity contribution in [3.63, 3.8) is 0 Å². The third kappa shape index (κ3) is 7.17. The zero-order chi connectivity index (χ0) is 25.8. The Morgan fingerprint density at radius 2 is 0.316 bits per heavy atom. The van der Waals surface area contributed by atoms with E-state index in [1.54, 1.807) is 18.7 Å². The summed E-state index contributed by atoms with van der Waals surface area (Å²) in [5.41, 5.74) is 0. The third-order valence-electron chi connectivity index (χ3n) is 6.80. The van der Waals surface area contributed by atoms with Crippen LogP contribution in [0.4, 0.5) is 0 Å². The number of hydrogen-bond donors (Lipinski definition) is 0. The minimum absolute atomic E-state index is 1.56. The van der Waals surface area contributed by atoms with Crippen LogP contribution in [0.3, 0.4) is 0 Å². The Bertz CT molecular complexity index is 1170.